The van der Waals surface area contributed by atoms with Crippen LogP contribution in [0.4, 0.5) is 0 Å². The molecule has 13 heavy (non-hydrogen) atoms. The molecule has 0 saturated carbocycles. The van der Waals surface area contributed by atoms with Gasteiger partial charge in [0.2, 0.25) is 0 Å². The third-order valence-corrected chi connectivity index (χ3v) is 2.15. The summed E-state index contributed by atoms with van der Waals surface area (Å²) in [4.78, 5) is 10.5. The molecule has 2 atom stereocenters. The summed E-state index contributed by atoms with van der Waals surface area (Å²) in [7, 11) is 0. The van der Waals surface area contributed by atoms with Crippen LogP contribution in [0.2, 0.25) is 0 Å². The van der Waals surface area contributed by atoms with E-state index >= 15 is 0 Å². The van der Waals surface area contributed by atoms with Crippen molar-refractivity contribution in [2.45, 2.75) is 39.5 Å². The number of aliphatic carboxylic acids is 1. The van der Waals surface area contributed by atoms with E-state index in [1.165, 1.54) is 0 Å². The lowest BCUT2D eigenvalue weighted by molar-refractivity contribution is -0.141. The topological polar surface area (TPSA) is 61.1 Å². The van der Waals surface area contributed by atoms with Gasteiger partial charge in [-0.05, 0) is 12.8 Å². The molecule has 0 aromatic heterocycles. The Hall–Kier alpha value is -1.04. The van der Waals surface area contributed by atoms with Crippen molar-refractivity contribution < 1.29 is 9.90 Å². The number of unbranched alkanes of at least 4 members (excludes halogenated alkanes) is 1. The highest BCUT2D eigenvalue weighted by Crippen LogP contribution is 2.17. The Morgan fingerprint density at radius 3 is 2.62 bits per heavy atom. The van der Waals surface area contributed by atoms with Crippen molar-refractivity contribution >= 4 is 5.97 Å². The largest absolute Gasteiger partial charge is 0.481 e. The highest BCUT2D eigenvalue weighted by molar-refractivity contribution is 5.69. The number of carbonyl (C=O) groups is 1. The van der Waals surface area contributed by atoms with Gasteiger partial charge in [0.1, 0.15) is 0 Å². The van der Waals surface area contributed by atoms with E-state index in [0.717, 1.165) is 19.3 Å². The fourth-order valence-electron chi connectivity index (χ4n) is 1.21. The van der Waals surface area contributed by atoms with Gasteiger partial charge in [0, 0.05) is 5.92 Å². The molecule has 0 fully saturated rings. The molecule has 0 aromatic rings. The van der Waals surface area contributed by atoms with E-state index in [0.29, 0.717) is 6.42 Å². The summed E-state index contributed by atoms with van der Waals surface area (Å²) in [5, 5.41) is 17.4. The normalized spacial score (nSPS) is 14.5. The summed E-state index contributed by atoms with van der Waals surface area (Å²) in [6.07, 6.45) is 3.36. The molecule has 3 heteroatoms. The molecular formula is C10H17NO2. The standard InChI is InChI=1S/C10H17NO2/c1-3-4-5-9(7-11)6-8(2)10(12)13/h8-9H,3-6H2,1-2H3,(H,12,13). The first-order valence-electron chi connectivity index (χ1n) is 4.74. The number of nitriles is 1. The van der Waals surface area contributed by atoms with E-state index in [2.05, 4.69) is 13.0 Å². The Balaban J connectivity index is 3.85. The zero-order valence-corrected chi connectivity index (χ0v) is 8.29. The summed E-state index contributed by atoms with van der Waals surface area (Å²) in [5.74, 6) is -1.30. The molecular weight excluding hydrogens is 166 g/mol. The number of hydrogen-bond donors (Lipinski definition) is 1. The predicted octanol–water partition coefficient (Wildman–Crippen LogP) is 2.43. The minimum atomic E-state index is -0.809. The van der Waals surface area contributed by atoms with Crippen molar-refractivity contribution in [3.63, 3.8) is 0 Å². The highest BCUT2D eigenvalue weighted by atomic mass is 16.4. The van der Waals surface area contributed by atoms with Crippen LogP contribution in [0.5, 0.6) is 0 Å². The number of hydrogen-bond acceptors (Lipinski definition) is 2. The molecule has 1 N–H and O–H groups in total. The van der Waals surface area contributed by atoms with Gasteiger partial charge in [0.05, 0.1) is 12.0 Å². The van der Waals surface area contributed by atoms with Gasteiger partial charge in [0.15, 0.2) is 0 Å². The minimum absolute atomic E-state index is 0.0916. The van der Waals surface area contributed by atoms with Crippen LogP contribution < -0.4 is 0 Å². The zero-order valence-electron chi connectivity index (χ0n) is 8.29. The maximum absolute atomic E-state index is 10.5. The maximum atomic E-state index is 10.5. The summed E-state index contributed by atoms with van der Waals surface area (Å²) in [5.41, 5.74) is 0. The molecule has 0 aliphatic heterocycles. The van der Waals surface area contributed by atoms with Crippen molar-refractivity contribution in [1.29, 1.82) is 5.26 Å². The molecule has 0 saturated heterocycles. The maximum Gasteiger partial charge on any atom is 0.306 e. The van der Waals surface area contributed by atoms with E-state index in [9.17, 15) is 4.79 Å². The van der Waals surface area contributed by atoms with E-state index in [-0.39, 0.29) is 5.92 Å². The van der Waals surface area contributed by atoms with Crippen molar-refractivity contribution in [3.8, 4) is 6.07 Å². The first kappa shape index (κ1) is 12.0. The van der Waals surface area contributed by atoms with Crippen molar-refractivity contribution in [2.75, 3.05) is 0 Å². The predicted molar refractivity (Wildman–Crippen MR) is 50.0 cm³/mol. The highest BCUT2D eigenvalue weighted by Gasteiger charge is 2.17. The quantitative estimate of drug-likeness (QED) is 0.687. The molecule has 0 aromatic carbocycles. The van der Waals surface area contributed by atoms with Crippen LogP contribution in [0.15, 0.2) is 0 Å². The molecule has 74 valence electrons. The third-order valence-electron chi connectivity index (χ3n) is 2.15. The number of rotatable bonds is 6. The van der Waals surface area contributed by atoms with Gasteiger partial charge in [-0.3, -0.25) is 4.79 Å². The van der Waals surface area contributed by atoms with Gasteiger partial charge >= 0.3 is 5.97 Å². The molecule has 0 aliphatic carbocycles. The molecule has 0 bridgehead atoms. The summed E-state index contributed by atoms with van der Waals surface area (Å²) < 4.78 is 0. The number of nitrogens with zero attached hydrogens (tertiary/aromatic N) is 1. The lowest BCUT2D eigenvalue weighted by Crippen LogP contribution is -2.13. The van der Waals surface area contributed by atoms with Crippen LogP contribution in [-0.4, -0.2) is 11.1 Å². The first-order chi connectivity index (χ1) is 6.11. The summed E-state index contributed by atoms with van der Waals surface area (Å²) in [6.45, 7) is 3.72. The average molecular weight is 183 g/mol. The molecule has 0 aliphatic rings. The molecule has 0 amide bonds. The Morgan fingerprint density at radius 1 is 1.62 bits per heavy atom. The van der Waals surface area contributed by atoms with Gasteiger partial charge in [-0.15, -0.1) is 0 Å². The fourth-order valence-corrected chi connectivity index (χ4v) is 1.21. The van der Waals surface area contributed by atoms with Crippen LogP contribution in [0, 0.1) is 23.2 Å². The molecule has 3 nitrogen and oxygen atoms in total. The monoisotopic (exact) mass is 183 g/mol. The molecule has 0 rings (SSSR count). The van der Waals surface area contributed by atoms with Crippen LogP contribution in [0.3, 0.4) is 0 Å². The van der Waals surface area contributed by atoms with Gasteiger partial charge in [-0.2, -0.15) is 5.26 Å². The average Bonchev–Trinajstić information content (AvgIpc) is 2.11. The van der Waals surface area contributed by atoms with E-state index in [1.807, 2.05) is 0 Å². The Bertz CT molecular complexity index is 196. The second-order valence-electron chi connectivity index (χ2n) is 3.44. The van der Waals surface area contributed by atoms with Crippen LogP contribution >= 0.6 is 0 Å². The third kappa shape index (κ3) is 5.24. The van der Waals surface area contributed by atoms with Crippen LogP contribution in [0.1, 0.15) is 39.5 Å². The number of carboxylic acids is 1. The molecule has 0 radical (unpaired) electrons. The van der Waals surface area contributed by atoms with Crippen LogP contribution in [0.25, 0.3) is 0 Å². The summed E-state index contributed by atoms with van der Waals surface area (Å²) >= 11 is 0. The van der Waals surface area contributed by atoms with Crippen molar-refractivity contribution in [1.82, 2.24) is 0 Å². The molecule has 2 unspecified atom stereocenters. The van der Waals surface area contributed by atoms with E-state index in [1.54, 1.807) is 6.92 Å². The van der Waals surface area contributed by atoms with Crippen LogP contribution in [-0.2, 0) is 4.79 Å². The summed E-state index contributed by atoms with van der Waals surface area (Å²) in [6, 6.07) is 2.16. The van der Waals surface area contributed by atoms with E-state index < -0.39 is 11.9 Å². The van der Waals surface area contributed by atoms with Gasteiger partial charge in [0.25, 0.3) is 0 Å². The lowest BCUT2D eigenvalue weighted by Gasteiger charge is -2.10. The Morgan fingerprint density at radius 2 is 2.23 bits per heavy atom. The second-order valence-corrected chi connectivity index (χ2v) is 3.44. The SMILES string of the molecule is CCCCC(C#N)CC(C)C(=O)O. The van der Waals surface area contributed by atoms with Crippen molar-refractivity contribution in [3.05, 3.63) is 0 Å². The molecule has 0 heterocycles. The second kappa shape index (κ2) is 6.47. The van der Waals surface area contributed by atoms with Crippen molar-refractivity contribution in [2.24, 2.45) is 11.8 Å². The fraction of sp³-hybridized carbons (Fsp3) is 0.800. The lowest BCUT2D eigenvalue weighted by atomic mass is 9.93. The minimum Gasteiger partial charge on any atom is -0.481 e. The van der Waals surface area contributed by atoms with E-state index in [4.69, 9.17) is 10.4 Å². The van der Waals surface area contributed by atoms with Gasteiger partial charge in [-0.25, -0.2) is 0 Å². The first-order valence-corrected chi connectivity index (χ1v) is 4.74. The smallest absolute Gasteiger partial charge is 0.306 e. The number of carboxylic acid groups (broad SMARTS) is 1. The Labute approximate surface area is 79.4 Å². The van der Waals surface area contributed by atoms with Gasteiger partial charge < -0.3 is 5.11 Å². The van der Waals surface area contributed by atoms with Gasteiger partial charge in [-0.1, -0.05) is 26.7 Å². The Kier molecular flexibility index (Phi) is 5.96. The molecule has 0 spiro atoms. The zero-order chi connectivity index (χ0) is 10.3.